The Labute approximate surface area is 113 Å². The monoisotopic (exact) mass is 257 g/mol. The summed E-state index contributed by atoms with van der Waals surface area (Å²) in [5.41, 5.74) is 1.08. The molecule has 100 valence electrons. The predicted octanol–water partition coefficient (Wildman–Crippen LogP) is 3.38. The molecule has 2 aromatic carbocycles. The Kier molecular flexibility index (Phi) is 3.56. The molecular formula is C16H19NO2. The SMILES string of the molecule is Oc1cccc2c(NCC3CCCOC3)cccc12. The highest BCUT2D eigenvalue weighted by molar-refractivity contribution is 5.97. The molecule has 0 aliphatic carbocycles. The van der Waals surface area contributed by atoms with Crippen LogP contribution in [0, 0.1) is 5.92 Å². The first kappa shape index (κ1) is 12.3. The number of phenolic OH excluding ortho intramolecular Hbond substituents is 1. The predicted molar refractivity (Wildman–Crippen MR) is 77.6 cm³/mol. The van der Waals surface area contributed by atoms with Crippen LogP contribution in [0.2, 0.25) is 0 Å². The van der Waals surface area contributed by atoms with Crippen LogP contribution in [-0.4, -0.2) is 24.9 Å². The fraction of sp³-hybridized carbons (Fsp3) is 0.375. The van der Waals surface area contributed by atoms with Crippen molar-refractivity contribution in [3.63, 3.8) is 0 Å². The van der Waals surface area contributed by atoms with Crippen molar-refractivity contribution in [2.45, 2.75) is 12.8 Å². The average Bonchev–Trinajstić information content (AvgIpc) is 2.47. The van der Waals surface area contributed by atoms with E-state index in [2.05, 4.69) is 11.4 Å². The summed E-state index contributed by atoms with van der Waals surface area (Å²) in [6, 6.07) is 11.6. The summed E-state index contributed by atoms with van der Waals surface area (Å²) in [6.45, 7) is 2.68. The van der Waals surface area contributed by atoms with E-state index in [1.54, 1.807) is 6.07 Å². The van der Waals surface area contributed by atoms with Crippen LogP contribution in [0.1, 0.15) is 12.8 Å². The zero-order chi connectivity index (χ0) is 13.1. The lowest BCUT2D eigenvalue weighted by Crippen LogP contribution is -2.24. The Hall–Kier alpha value is -1.74. The number of nitrogens with one attached hydrogen (secondary N) is 1. The van der Waals surface area contributed by atoms with Crippen molar-refractivity contribution in [3.05, 3.63) is 36.4 Å². The van der Waals surface area contributed by atoms with E-state index >= 15 is 0 Å². The highest BCUT2D eigenvalue weighted by Gasteiger charge is 2.14. The van der Waals surface area contributed by atoms with Crippen LogP contribution in [0.4, 0.5) is 5.69 Å². The molecule has 3 heteroatoms. The van der Waals surface area contributed by atoms with Gasteiger partial charge in [0.05, 0.1) is 6.61 Å². The number of benzene rings is 2. The molecule has 1 aliphatic rings. The minimum absolute atomic E-state index is 0.335. The van der Waals surface area contributed by atoms with Gasteiger partial charge in [-0.3, -0.25) is 0 Å². The van der Waals surface area contributed by atoms with E-state index in [1.807, 2.05) is 24.3 Å². The number of aromatic hydroxyl groups is 1. The Morgan fingerprint density at radius 3 is 2.84 bits per heavy atom. The molecule has 0 spiro atoms. The molecule has 1 aliphatic heterocycles. The zero-order valence-electron chi connectivity index (χ0n) is 10.9. The van der Waals surface area contributed by atoms with Gasteiger partial charge in [-0.2, -0.15) is 0 Å². The molecule has 2 N–H and O–H groups in total. The fourth-order valence-corrected chi connectivity index (χ4v) is 2.67. The smallest absolute Gasteiger partial charge is 0.123 e. The maximum absolute atomic E-state index is 9.86. The summed E-state index contributed by atoms with van der Waals surface area (Å²) in [4.78, 5) is 0. The van der Waals surface area contributed by atoms with E-state index in [1.165, 1.54) is 6.42 Å². The van der Waals surface area contributed by atoms with Crippen LogP contribution in [-0.2, 0) is 4.74 Å². The molecule has 1 unspecified atom stereocenters. The van der Waals surface area contributed by atoms with E-state index in [0.29, 0.717) is 11.7 Å². The molecular weight excluding hydrogens is 238 g/mol. The first-order valence-electron chi connectivity index (χ1n) is 6.87. The van der Waals surface area contributed by atoms with E-state index in [-0.39, 0.29) is 0 Å². The van der Waals surface area contributed by atoms with E-state index in [4.69, 9.17) is 4.74 Å². The van der Waals surface area contributed by atoms with Crippen molar-refractivity contribution in [2.24, 2.45) is 5.92 Å². The lowest BCUT2D eigenvalue weighted by Gasteiger charge is -2.23. The first-order valence-corrected chi connectivity index (χ1v) is 6.87. The first-order chi connectivity index (χ1) is 9.34. The van der Waals surface area contributed by atoms with Gasteiger partial charge in [-0.15, -0.1) is 0 Å². The molecule has 2 aromatic rings. The Morgan fingerprint density at radius 1 is 1.16 bits per heavy atom. The Bertz CT molecular complexity index is 562. The second kappa shape index (κ2) is 5.49. The largest absolute Gasteiger partial charge is 0.507 e. The second-order valence-electron chi connectivity index (χ2n) is 5.14. The number of anilines is 1. The molecule has 0 saturated carbocycles. The zero-order valence-corrected chi connectivity index (χ0v) is 10.9. The maximum atomic E-state index is 9.86. The van der Waals surface area contributed by atoms with Crippen LogP contribution in [0.3, 0.4) is 0 Å². The Balaban J connectivity index is 1.79. The second-order valence-corrected chi connectivity index (χ2v) is 5.14. The van der Waals surface area contributed by atoms with Crippen LogP contribution in [0.15, 0.2) is 36.4 Å². The molecule has 1 fully saturated rings. The molecule has 3 nitrogen and oxygen atoms in total. The number of ether oxygens (including phenoxy) is 1. The van der Waals surface area contributed by atoms with Crippen molar-refractivity contribution in [1.82, 2.24) is 0 Å². The molecule has 3 rings (SSSR count). The van der Waals surface area contributed by atoms with Crippen LogP contribution < -0.4 is 5.32 Å². The molecule has 19 heavy (non-hydrogen) atoms. The third kappa shape index (κ3) is 2.66. The molecule has 0 amide bonds. The van der Waals surface area contributed by atoms with E-state index < -0.39 is 0 Å². The van der Waals surface area contributed by atoms with Crippen molar-refractivity contribution >= 4 is 16.5 Å². The summed E-state index contributed by atoms with van der Waals surface area (Å²) >= 11 is 0. The topological polar surface area (TPSA) is 41.5 Å². The highest BCUT2D eigenvalue weighted by Crippen LogP contribution is 2.30. The summed E-state index contributed by atoms with van der Waals surface area (Å²) in [6.07, 6.45) is 2.38. The summed E-state index contributed by atoms with van der Waals surface area (Å²) < 4.78 is 5.50. The molecule has 0 radical (unpaired) electrons. The van der Waals surface area contributed by atoms with Gasteiger partial charge in [-0.25, -0.2) is 0 Å². The normalized spacial score (nSPS) is 19.5. The molecule has 1 heterocycles. The van der Waals surface area contributed by atoms with Crippen molar-refractivity contribution in [1.29, 1.82) is 0 Å². The highest BCUT2D eigenvalue weighted by atomic mass is 16.5. The maximum Gasteiger partial charge on any atom is 0.123 e. The van der Waals surface area contributed by atoms with Gasteiger partial charge in [0.15, 0.2) is 0 Å². The van der Waals surface area contributed by atoms with E-state index in [0.717, 1.165) is 42.6 Å². The number of hydrogen-bond acceptors (Lipinski definition) is 3. The van der Waals surface area contributed by atoms with Gasteiger partial charge in [0.1, 0.15) is 5.75 Å². The van der Waals surface area contributed by atoms with Gasteiger partial charge in [0.2, 0.25) is 0 Å². The van der Waals surface area contributed by atoms with Crippen LogP contribution >= 0.6 is 0 Å². The van der Waals surface area contributed by atoms with Gasteiger partial charge in [0.25, 0.3) is 0 Å². The fourth-order valence-electron chi connectivity index (χ4n) is 2.67. The molecule has 1 atom stereocenters. The minimum atomic E-state index is 0.335. The van der Waals surface area contributed by atoms with E-state index in [9.17, 15) is 5.11 Å². The summed E-state index contributed by atoms with van der Waals surface area (Å²) in [5.74, 6) is 0.920. The van der Waals surface area contributed by atoms with Gasteiger partial charge >= 0.3 is 0 Å². The van der Waals surface area contributed by atoms with Crippen molar-refractivity contribution in [3.8, 4) is 5.75 Å². The number of phenols is 1. The molecule has 1 saturated heterocycles. The quantitative estimate of drug-likeness (QED) is 0.885. The summed E-state index contributed by atoms with van der Waals surface area (Å²) in [7, 11) is 0. The van der Waals surface area contributed by atoms with Gasteiger partial charge in [-0.1, -0.05) is 24.3 Å². The number of rotatable bonds is 3. The minimum Gasteiger partial charge on any atom is -0.507 e. The average molecular weight is 257 g/mol. The third-order valence-corrected chi connectivity index (χ3v) is 3.73. The number of hydrogen-bond donors (Lipinski definition) is 2. The van der Waals surface area contributed by atoms with Crippen molar-refractivity contribution in [2.75, 3.05) is 25.1 Å². The lowest BCUT2D eigenvalue weighted by molar-refractivity contribution is 0.0595. The van der Waals surface area contributed by atoms with Crippen LogP contribution in [0.5, 0.6) is 5.75 Å². The van der Waals surface area contributed by atoms with Crippen molar-refractivity contribution < 1.29 is 9.84 Å². The van der Waals surface area contributed by atoms with Gasteiger partial charge in [-0.05, 0) is 30.9 Å². The molecule has 0 bridgehead atoms. The third-order valence-electron chi connectivity index (χ3n) is 3.73. The number of fused-ring (bicyclic) bond motifs is 1. The lowest BCUT2D eigenvalue weighted by atomic mass is 10.0. The summed E-state index contributed by atoms with van der Waals surface area (Å²) in [5, 5.41) is 15.3. The molecule has 0 aromatic heterocycles. The Morgan fingerprint density at radius 2 is 2.00 bits per heavy atom. The van der Waals surface area contributed by atoms with Crippen LogP contribution in [0.25, 0.3) is 10.8 Å². The van der Waals surface area contributed by atoms with Gasteiger partial charge < -0.3 is 15.2 Å². The standard InChI is InChI=1S/C16H19NO2/c18-16-8-2-5-13-14(16)6-1-7-15(13)17-10-12-4-3-9-19-11-12/h1-2,5-8,12,17-18H,3-4,9-11H2. The van der Waals surface area contributed by atoms with Gasteiger partial charge in [0, 0.05) is 29.6 Å².